The Balaban J connectivity index is 5.47. The van der Waals surface area contributed by atoms with Crippen molar-refractivity contribution in [1.29, 1.82) is 0 Å². The van der Waals surface area contributed by atoms with Crippen molar-refractivity contribution < 1.29 is 33.9 Å². The van der Waals surface area contributed by atoms with Gasteiger partial charge in [-0.05, 0) is 31.1 Å². The van der Waals surface area contributed by atoms with Crippen molar-refractivity contribution in [1.82, 2.24) is 16.0 Å². The maximum Gasteiger partial charge on any atom is 0.326 e. The second-order valence-electron chi connectivity index (χ2n) is 8.94. The summed E-state index contributed by atoms with van der Waals surface area (Å²) in [5, 5.41) is 16.7. The molecule has 0 fully saturated rings. The summed E-state index contributed by atoms with van der Waals surface area (Å²) in [6.45, 7) is 6.89. The SMILES string of the molecule is CC(C)CC(NC(=O)C(CCC(N)=O)NC(=O)C(NC(=O)C(N)CCC(N)=O)C(C)C)C(=O)O. The number of primary amides is 2. The van der Waals surface area contributed by atoms with Crippen molar-refractivity contribution in [3.05, 3.63) is 0 Å². The van der Waals surface area contributed by atoms with Crippen molar-refractivity contribution >= 4 is 35.5 Å². The third-order valence-electron chi connectivity index (χ3n) is 4.92. The van der Waals surface area contributed by atoms with Crippen molar-refractivity contribution in [2.24, 2.45) is 29.0 Å². The van der Waals surface area contributed by atoms with Gasteiger partial charge in [0, 0.05) is 12.8 Å². The van der Waals surface area contributed by atoms with E-state index in [9.17, 15) is 33.9 Å². The lowest BCUT2D eigenvalue weighted by Crippen LogP contribution is -2.58. The minimum atomic E-state index is -1.27. The molecule has 10 N–H and O–H groups in total. The Morgan fingerprint density at radius 1 is 0.735 bits per heavy atom. The van der Waals surface area contributed by atoms with Gasteiger partial charge in [0.15, 0.2) is 0 Å². The summed E-state index contributed by atoms with van der Waals surface area (Å²) >= 11 is 0. The Labute approximate surface area is 198 Å². The first kappa shape index (κ1) is 30.8. The topological polar surface area (TPSA) is 237 Å². The third-order valence-corrected chi connectivity index (χ3v) is 4.92. The molecule has 34 heavy (non-hydrogen) atoms. The number of rotatable bonds is 16. The van der Waals surface area contributed by atoms with Gasteiger partial charge in [0.2, 0.25) is 29.5 Å². The second-order valence-corrected chi connectivity index (χ2v) is 8.94. The first-order valence-electron chi connectivity index (χ1n) is 11.1. The van der Waals surface area contributed by atoms with Gasteiger partial charge in [-0.25, -0.2) is 4.79 Å². The van der Waals surface area contributed by atoms with Crippen LogP contribution in [0.3, 0.4) is 0 Å². The van der Waals surface area contributed by atoms with E-state index in [4.69, 9.17) is 17.2 Å². The van der Waals surface area contributed by atoms with E-state index >= 15 is 0 Å². The fraction of sp³-hybridized carbons (Fsp3) is 0.714. The molecule has 0 aliphatic rings. The molecule has 0 rings (SSSR count). The predicted molar refractivity (Wildman–Crippen MR) is 123 cm³/mol. The van der Waals surface area contributed by atoms with Crippen molar-refractivity contribution in [2.75, 3.05) is 0 Å². The molecule has 13 heteroatoms. The molecule has 0 aromatic rings. The number of carboxylic acid groups (broad SMARTS) is 1. The molecule has 0 bridgehead atoms. The molecule has 0 saturated carbocycles. The number of carboxylic acids is 1. The normalized spacial score (nSPS) is 14.6. The number of amides is 5. The van der Waals surface area contributed by atoms with E-state index in [1.165, 1.54) is 0 Å². The van der Waals surface area contributed by atoms with Crippen LogP contribution in [-0.4, -0.2) is 64.8 Å². The summed E-state index contributed by atoms with van der Waals surface area (Å²) < 4.78 is 0. The summed E-state index contributed by atoms with van der Waals surface area (Å²) in [5.74, 6) is -5.23. The van der Waals surface area contributed by atoms with E-state index < -0.39 is 65.6 Å². The van der Waals surface area contributed by atoms with E-state index in [0.717, 1.165) is 0 Å². The van der Waals surface area contributed by atoms with E-state index in [1.54, 1.807) is 27.7 Å². The summed E-state index contributed by atoms with van der Waals surface area (Å²) in [6, 6.07) is -4.63. The molecular weight excluding hydrogens is 448 g/mol. The molecule has 4 unspecified atom stereocenters. The van der Waals surface area contributed by atoms with E-state index in [-0.39, 0.29) is 38.0 Å². The lowest BCUT2D eigenvalue weighted by Gasteiger charge is -2.27. The summed E-state index contributed by atoms with van der Waals surface area (Å²) in [6.07, 6.45) is -0.368. The zero-order valence-corrected chi connectivity index (χ0v) is 20.1. The van der Waals surface area contributed by atoms with Crippen molar-refractivity contribution in [3.8, 4) is 0 Å². The first-order valence-corrected chi connectivity index (χ1v) is 11.1. The van der Waals surface area contributed by atoms with Crippen molar-refractivity contribution in [3.63, 3.8) is 0 Å². The first-order chi connectivity index (χ1) is 15.6. The van der Waals surface area contributed by atoms with Crippen LogP contribution >= 0.6 is 0 Å². The molecule has 194 valence electrons. The van der Waals surface area contributed by atoms with Gasteiger partial charge in [-0.15, -0.1) is 0 Å². The molecule has 0 saturated heterocycles. The largest absolute Gasteiger partial charge is 0.480 e. The van der Waals surface area contributed by atoms with Gasteiger partial charge in [0.25, 0.3) is 0 Å². The molecule has 5 amide bonds. The summed E-state index contributed by atoms with van der Waals surface area (Å²) in [5.41, 5.74) is 16.0. The average molecular weight is 487 g/mol. The minimum absolute atomic E-state index is 0.0102. The van der Waals surface area contributed by atoms with Crippen LogP contribution in [0.4, 0.5) is 0 Å². The number of carbonyl (C=O) groups is 6. The lowest BCUT2D eigenvalue weighted by molar-refractivity contribution is -0.143. The molecule has 13 nitrogen and oxygen atoms in total. The van der Waals surface area contributed by atoms with Gasteiger partial charge >= 0.3 is 5.97 Å². The van der Waals surface area contributed by atoms with Crippen LogP contribution in [0.2, 0.25) is 0 Å². The lowest BCUT2D eigenvalue weighted by atomic mass is 10.0. The molecule has 0 aromatic heterocycles. The van der Waals surface area contributed by atoms with E-state index in [0.29, 0.717) is 0 Å². The highest BCUT2D eigenvalue weighted by Crippen LogP contribution is 2.09. The molecule has 0 radical (unpaired) electrons. The van der Waals surface area contributed by atoms with Crippen LogP contribution in [0, 0.1) is 11.8 Å². The van der Waals surface area contributed by atoms with Crippen LogP contribution in [-0.2, 0) is 28.8 Å². The Bertz CT molecular complexity index is 756. The maximum absolute atomic E-state index is 12.9. The zero-order chi connectivity index (χ0) is 26.6. The highest BCUT2D eigenvalue weighted by Gasteiger charge is 2.32. The highest BCUT2D eigenvalue weighted by molar-refractivity contribution is 5.94. The number of aliphatic carboxylic acids is 1. The van der Waals surface area contributed by atoms with Crippen LogP contribution in [0.25, 0.3) is 0 Å². The molecular formula is C21H38N6O7. The Hall–Kier alpha value is -3.22. The number of hydrogen-bond acceptors (Lipinski definition) is 7. The molecule has 4 atom stereocenters. The van der Waals surface area contributed by atoms with Gasteiger partial charge in [-0.2, -0.15) is 0 Å². The number of nitrogens with two attached hydrogens (primary N) is 3. The standard InChI is InChI=1S/C21H38N6O7/c1-10(2)9-14(21(33)34)26-19(31)13(6-8-16(24)29)25-20(32)17(11(3)4)27-18(30)12(22)5-7-15(23)28/h10-14,17H,5-9,22H2,1-4H3,(H2,23,28)(H2,24,29)(H,25,32)(H,26,31)(H,27,30)(H,33,34). The monoisotopic (exact) mass is 486 g/mol. The summed E-state index contributed by atoms with van der Waals surface area (Å²) in [7, 11) is 0. The number of hydrogen-bond donors (Lipinski definition) is 7. The smallest absolute Gasteiger partial charge is 0.326 e. The van der Waals surface area contributed by atoms with Crippen LogP contribution in [0.1, 0.15) is 59.8 Å². The van der Waals surface area contributed by atoms with Crippen LogP contribution < -0.4 is 33.2 Å². The molecule has 0 heterocycles. The quantitative estimate of drug-likeness (QED) is 0.129. The van der Waals surface area contributed by atoms with Crippen LogP contribution in [0.15, 0.2) is 0 Å². The maximum atomic E-state index is 12.9. The second kappa shape index (κ2) is 14.8. The molecule has 0 aliphatic heterocycles. The fourth-order valence-electron chi connectivity index (χ4n) is 3.01. The third kappa shape index (κ3) is 12.1. The molecule has 0 spiro atoms. The van der Waals surface area contributed by atoms with Crippen LogP contribution in [0.5, 0.6) is 0 Å². The fourth-order valence-corrected chi connectivity index (χ4v) is 3.01. The Morgan fingerprint density at radius 3 is 1.68 bits per heavy atom. The van der Waals surface area contributed by atoms with E-state index in [1.807, 2.05) is 0 Å². The predicted octanol–water partition coefficient (Wildman–Crippen LogP) is -1.91. The minimum Gasteiger partial charge on any atom is -0.480 e. The Kier molecular flexibility index (Phi) is 13.4. The zero-order valence-electron chi connectivity index (χ0n) is 20.1. The molecule has 0 aliphatic carbocycles. The molecule has 0 aromatic carbocycles. The van der Waals surface area contributed by atoms with Gasteiger partial charge < -0.3 is 38.3 Å². The summed E-state index contributed by atoms with van der Waals surface area (Å²) in [4.78, 5) is 71.7. The van der Waals surface area contributed by atoms with Gasteiger partial charge in [0.1, 0.15) is 18.1 Å². The van der Waals surface area contributed by atoms with Gasteiger partial charge in [0.05, 0.1) is 6.04 Å². The van der Waals surface area contributed by atoms with E-state index in [2.05, 4.69) is 16.0 Å². The highest BCUT2D eigenvalue weighted by atomic mass is 16.4. The van der Waals surface area contributed by atoms with Crippen molar-refractivity contribution in [2.45, 2.75) is 84.0 Å². The Morgan fingerprint density at radius 2 is 1.24 bits per heavy atom. The average Bonchev–Trinajstić information content (AvgIpc) is 2.71. The number of carbonyl (C=O) groups excluding carboxylic acids is 5. The van der Waals surface area contributed by atoms with Gasteiger partial charge in [-0.1, -0.05) is 27.7 Å². The van der Waals surface area contributed by atoms with Gasteiger partial charge in [-0.3, -0.25) is 24.0 Å². The number of nitrogens with one attached hydrogen (secondary N) is 3.